The third kappa shape index (κ3) is 1.61. The fraction of sp³-hybridized carbons (Fsp3) is 0.545. The SMILES string of the molecule is Nc1ncnc2c1ncn2C1C(O)C(CO)C1CO. The van der Waals surface area contributed by atoms with E-state index in [0.29, 0.717) is 11.2 Å². The molecule has 19 heavy (non-hydrogen) atoms. The maximum Gasteiger partial charge on any atom is 0.165 e. The zero-order chi connectivity index (χ0) is 13.6. The summed E-state index contributed by atoms with van der Waals surface area (Å²) in [6.45, 7) is -0.278. The number of aromatic nitrogens is 4. The van der Waals surface area contributed by atoms with E-state index in [1.54, 1.807) is 4.57 Å². The number of nitrogen functional groups attached to an aromatic ring is 1. The van der Waals surface area contributed by atoms with E-state index < -0.39 is 6.10 Å². The van der Waals surface area contributed by atoms with Crippen LogP contribution in [0.15, 0.2) is 12.7 Å². The minimum Gasteiger partial charge on any atom is -0.396 e. The molecule has 0 spiro atoms. The van der Waals surface area contributed by atoms with Crippen LogP contribution in [0, 0.1) is 11.8 Å². The number of nitrogens with two attached hydrogens (primary N) is 1. The van der Waals surface area contributed by atoms with Gasteiger partial charge in [-0.3, -0.25) is 0 Å². The summed E-state index contributed by atoms with van der Waals surface area (Å²) in [6.07, 6.45) is 2.12. The Bertz CT molecular complexity index is 601. The van der Waals surface area contributed by atoms with Crippen molar-refractivity contribution in [1.82, 2.24) is 19.5 Å². The Labute approximate surface area is 108 Å². The van der Waals surface area contributed by atoms with Crippen molar-refractivity contribution in [3.63, 3.8) is 0 Å². The minimum absolute atomic E-state index is 0.118. The van der Waals surface area contributed by atoms with E-state index >= 15 is 0 Å². The van der Waals surface area contributed by atoms with Crippen molar-refractivity contribution in [2.24, 2.45) is 11.8 Å². The molecule has 1 aliphatic carbocycles. The van der Waals surface area contributed by atoms with Crippen LogP contribution in [0.25, 0.3) is 11.2 Å². The molecule has 8 heteroatoms. The van der Waals surface area contributed by atoms with Crippen LogP contribution in [0.5, 0.6) is 0 Å². The lowest BCUT2D eigenvalue weighted by Gasteiger charge is -2.48. The summed E-state index contributed by atoms with van der Waals surface area (Å²) in [5.74, 6) is -0.281. The molecule has 102 valence electrons. The number of fused-ring (bicyclic) bond motifs is 1. The zero-order valence-corrected chi connectivity index (χ0v) is 10.1. The molecule has 3 rings (SSSR count). The first kappa shape index (κ1) is 12.3. The van der Waals surface area contributed by atoms with Crippen molar-refractivity contribution < 1.29 is 15.3 Å². The Balaban J connectivity index is 2.03. The number of hydrogen-bond acceptors (Lipinski definition) is 7. The predicted molar refractivity (Wildman–Crippen MR) is 65.9 cm³/mol. The first-order valence-electron chi connectivity index (χ1n) is 6.01. The molecule has 1 saturated carbocycles. The highest BCUT2D eigenvalue weighted by Gasteiger charge is 2.50. The molecule has 1 aliphatic rings. The molecule has 0 amide bonds. The van der Waals surface area contributed by atoms with Gasteiger partial charge in [-0.05, 0) is 0 Å². The molecule has 8 nitrogen and oxygen atoms in total. The minimum atomic E-state index is -0.740. The molecule has 2 aromatic rings. The average molecular weight is 265 g/mol. The highest BCUT2D eigenvalue weighted by atomic mass is 16.3. The summed E-state index contributed by atoms with van der Waals surface area (Å²) in [4.78, 5) is 12.1. The van der Waals surface area contributed by atoms with E-state index in [0.717, 1.165) is 0 Å². The molecule has 2 aromatic heterocycles. The summed E-state index contributed by atoms with van der Waals surface area (Å²) in [5.41, 5.74) is 6.70. The Morgan fingerprint density at radius 3 is 2.58 bits per heavy atom. The van der Waals surface area contributed by atoms with Gasteiger partial charge in [0.25, 0.3) is 0 Å². The van der Waals surface area contributed by atoms with Gasteiger partial charge in [-0.15, -0.1) is 0 Å². The molecule has 0 bridgehead atoms. The lowest BCUT2D eigenvalue weighted by atomic mass is 9.67. The molecule has 4 atom stereocenters. The van der Waals surface area contributed by atoms with Crippen LogP contribution in [0.1, 0.15) is 6.04 Å². The molecule has 2 heterocycles. The number of anilines is 1. The first-order valence-corrected chi connectivity index (χ1v) is 6.01. The van der Waals surface area contributed by atoms with Gasteiger partial charge in [0.15, 0.2) is 11.5 Å². The van der Waals surface area contributed by atoms with Crippen LogP contribution in [-0.4, -0.2) is 54.2 Å². The number of imidazole rings is 1. The molecule has 1 fully saturated rings. The Morgan fingerprint density at radius 2 is 1.89 bits per heavy atom. The second-order valence-electron chi connectivity index (χ2n) is 4.76. The van der Waals surface area contributed by atoms with Crippen molar-refractivity contribution in [3.05, 3.63) is 12.7 Å². The van der Waals surface area contributed by atoms with Crippen molar-refractivity contribution in [2.45, 2.75) is 12.1 Å². The summed E-state index contributed by atoms with van der Waals surface area (Å²) < 4.78 is 1.69. The van der Waals surface area contributed by atoms with Crippen LogP contribution < -0.4 is 5.73 Å². The number of aliphatic hydroxyl groups excluding tert-OH is 3. The van der Waals surface area contributed by atoms with Crippen molar-refractivity contribution in [1.29, 1.82) is 0 Å². The number of rotatable bonds is 3. The van der Waals surface area contributed by atoms with E-state index in [-0.39, 0.29) is 36.9 Å². The third-order valence-electron chi connectivity index (χ3n) is 3.91. The molecule has 0 radical (unpaired) electrons. The van der Waals surface area contributed by atoms with E-state index in [1.165, 1.54) is 12.7 Å². The normalized spacial score (nSPS) is 30.5. The molecular weight excluding hydrogens is 250 g/mol. The molecule has 4 unspecified atom stereocenters. The first-order chi connectivity index (χ1) is 9.19. The fourth-order valence-corrected chi connectivity index (χ4v) is 2.81. The molecular formula is C11H15N5O3. The topological polar surface area (TPSA) is 130 Å². The van der Waals surface area contributed by atoms with Crippen LogP contribution >= 0.6 is 0 Å². The van der Waals surface area contributed by atoms with Crippen LogP contribution in [0.3, 0.4) is 0 Å². The summed E-state index contributed by atoms with van der Waals surface area (Å²) in [6, 6.07) is -0.360. The maximum absolute atomic E-state index is 10.1. The maximum atomic E-state index is 10.1. The largest absolute Gasteiger partial charge is 0.396 e. The van der Waals surface area contributed by atoms with Gasteiger partial charge < -0.3 is 25.6 Å². The van der Waals surface area contributed by atoms with E-state index in [9.17, 15) is 15.3 Å². The summed E-state index contributed by atoms with van der Waals surface area (Å²) >= 11 is 0. The van der Waals surface area contributed by atoms with Gasteiger partial charge in [-0.2, -0.15) is 0 Å². The Morgan fingerprint density at radius 1 is 1.16 bits per heavy atom. The Kier molecular flexibility index (Phi) is 2.85. The second kappa shape index (κ2) is 4.41. The quantitative estimate of drug-likeness (QED) is 0.533. The van der Waals surface area contributed by atoms with Gasteiger partial charge >= 0.3 is 0 Å². The van der Waals surface area contributed by atoms with Gasteiger partial charge in [0.1, 0.15) is 11.8 Å². The molecule has 5 N–H and O–H groups in total. The van der Waals surface area contributed by atoms with Gasteiger partial charge in [-0.25, -0.2) is 15.0 Å². The molecule has 0 saturated heterocycles. The average Bonchev–Trinajstić information content (AvgIpc) is 2.81. The van der Waals surface area contributed by atoms with Crippen molar-refractivity contribution >= 4 is 17.0 Å². The van der Waals surface area contributed by atoms with E-state index in [4.69, 9.17) is 5.73 Å². The van der Waals surface area contributed by atoms with Crippen LogP contribution in [0.2, 0.25) is 0 Å². The summed E-state index contributed by atoms with van der Waals surface area (Å²) in [7, 11) is 0. The lowest BCUT2D eigenvalue weighted by Crippen LogP contribution is -2.55. The molecule has 0 aromatic carbocycles. The van der Waals surface area contributed by atoms with Gasteiger partial charge in [0, 0.05) is 25.0 Å². The van der Waals surface area contributed by atoms with Gasteiger partial charge in [0.2, 0.25) is 0 Å². The van der Waals surface area contributed by atoms with E-state index in [1.807, 2.05) is 0 Å². The predicted octanol–water partition coefficient (Wildman–Crippen LogP) is -1.46. The van der Waals surface area contributed by atoms with Gasteiger partial charge in [-0.1, -0.05) is 0 Å². The number of hydrogen-bond donors (Lipinski definition) is 4. The standard InChI is InChI=1S/C11H15N5O3/c12-10-7-11(14-3-13-10)16(4-15-7)8-5(1-17)6(2-18)9(8)19/h3-6,8-9,17-19H,1-2H2,(H2,12,13,14). The van der Waals surface area contributed by atoms with Crippen molar-refractivity contribution in [2.75, 3.05) is 18.9 Å². The Hall–Kier alpha value is -1.77. The highest BCUT2D eigenvalue weighted by Crippen LogP contribution is 2.44. The highest BCUT2D eigenvalue weighted by molar-refractivity contribution is 5.81. The van der Waals surface area contributed by atoms with Crippen LogP contribution in [-0.2, 0) is 0 Å². The monoisotopic (exact) mass is 265 g/mol. The lowest BCUT2D eigenvalue weighted by molar-refractivity contribution is -0.126. The number of nitrogens with zero attached hydrogens (tertiary/aromatic N) is 4. The fourth-order valence-electron chi connectivity index (χ4n) is 2.81. The molecule has 0 aliphatic heterocycles. The summed E-state index contributed by atoms with van der Waals surface area (Å²) in [5, 5.41) is 28.7. The van der Waals surface area contributed by atoms with Crippen LogP contribution in [0.4, 0.5) is 5.82 Å². The zero-order valence-electron chi connectivity index (χ0n) is 10.1. The van der Waals surface area contributed by atoms with Crippen molar-refractivity contribution in [3.8, 4) is 0 Å². The smallest absolute Gasteiger partial charge is 0.165 e. The third-order valence-corrected chi connectivity index (χ3v) is 3.91. The second-order valence-corrected chi connectivity index (χ2v) is 4.76. The van der Waals surface area contributed by atoms with Gasteiger partial charge in [0.05, 0.1) is 18.5 Å². The number of aliphatic hydroxyl groups is 3. The van der Waals surface area contributed by atoms with E-state index in [2.05, 4.69) is 15.0 Å².